The van der Waals surface area contributed by atoms with E-state index < -0.39 is 21.8 Å². The molecule has 0 bridgehead atoms. The van der Waals surface area contributed by atoms with E-state index in [0.717, 1.165) is 5.56 Å². The highest BCUT2D eigenvalue weighted by atomic mass is 32.2. The molecule has 164 valence electrons. The molecule has 0 saturated carbocycles. The lowest BCUT2D eigenvalue weighted by atomic mass is 10.2. The van der Waals surface area contributed by atoms with Crippen LogP contribution in [0.15, 0.2) is 29.2 Å². The van der Waals surface area contributed by atoms with Gasteiger partial charge in [0.25, 0.3) is 0 Å². The van der Waals surface area contributed by atoms with Gasteiger partial charge in [0, 0.05) is 39.3 Å². The summed E-state index contributed by atoms with van der Waals surface area (Å²) in [6.45, 7) is 4.40. The summed E-state index contributed by atoms with van der Waals surface area (Å²) >= 11 is 0. The minimum Gasteiger partial charge on any atom is -0.379 e. The average Bonchev–Trinajstić information content (AvgIpc) is 2.76. The molecule has 2 saturated heterocycles. The van der Waals surface area contributed by atoms with Crippen molar-refractivity contribution in [2.75, 3.05) is 52.5 Å². The Morgan fingerprint density at radius 2 is 1.60 bits per heavy atom. The number of hydrogen-bond acceptors (Lipinski definition) is 6. The van der Waals surface area contributed by atoms with Gasteiger partial charge in [-0.05, 0) is 24.6 Å². The first kappa shape index (κ1) is 22.2. The molecule has 0 atom stereocenters. The number of nitrogens with zero attached hydrogens (tertiary/aromatic N) is 3. The van der Waals surface area contributed by atoms with Gasteiger partial charge in [-0.15, -0.1) is 0 Å². The van der Waals surface area contributed by atoms with E-state index in [-0.39, 0.29) is 23.9 Å². The molecule has 0 unspecified atom stereocenters. The molecule has 30 heavy (non-hydrogen) atoms. The van der Waals surface area contributed by atoms with Gasteiger partial charge in [-0.2, -0.15) is 4.31 Å². The Balaban J connectivity index is 1.52. The van der Waals surface area contributed by atoms with Gasteiger partial charge < -0.3 is 19.9 Å². The standard InChI is InChI=1S/C19H26N4O6S/c1-2-21-7-8-22(19(26)18(21)25)14-17(24)20-13-15-3-5-16(6-4-15)30(27,28)23-9-11-29-12-10-23/h3-6H,2,7-14H2,1H3,(H,20,24). The van der Waals surface area contributed by atoms with Crippen molar-refractivity contribution in [3.05, 3.63) is 29.8 Å². The number of amides is 3. The first-order valence-corrected chi connectivity index (χ1v) is 11.3. The topological polar surface area (TPSA) is 116 Å². The zero-order chi connectivity index (χ0) is 21.7. The number of benzene rings is 1. The Bertz CT molecular complexity index is 896. The number of likely N-dealkylation sites (N-methyl/N-ethyl adjacent to an activating group) is 1. The van der Waals surface area contributed by atoms with Crippen molar-refractivity contribution >= 4 is 27.7 Å². The fourth-order valence-electron chi connectivity index (χ4n) is 3.31. The van der Waals surface area contributed by atoms with E-state index in [1.165, 1.54) is 26.2 Å². The van der Waals surface area contributed by atoms with Crippen LogP contribution in [-0.2, 0) is 35.7 Å². The Labute approximate surface area is 175 Å². The van der Waals surface area contributed by atoms with Gasteiger partial charge in [0.05, 0.1) is 18.1 Å². The summed E-state index contributed by atoms with van der Waals surface area (Å²) in [5.41, 5.74) is 0.725. The van der Waals surface area contributed by atoms with E-state index in [0.29, 0.717) is 45.9 Å². The molecule has 0 radical (unpaired) electrons. The lowest BCUT2D eigenvalue weighted by molar-refractivity contribution is -0.156. The second-order valence-corrected chi connectivity index (χ2v) is 8.99. The molecule has 1 N–H and O–H groups in total. The van der Waals surface area contributed by atoms with Crippen molar-refractivity contribution in [3.8, 4) is 0 Å². The van der Waals surface area contributed by atoms with Crippen molar-refractivity contribution in [1.82, 2.24) is 19.4 Å². The molecule has 2 aliphatic rings. The minimum atomic E-state index is -3.56. The summed E-state index contributed by atoms with van der Waals surface area (Å²) in [5, 5.41) is 2.69. The molecule has 3 rings (SSSR count). The second-order valence-electron chi connectivity index (χ2n) is 7.05. The molecule has 1 aromatic rings. The fourth-order valence-corrected chi connectivity index (χ4v) is 4.72. The molecule has 2 aliphatic heterocycles. The third-order valence-electron chi connectivity index (χ3n) is 5.13. The van der Waals surface area contributed by atoms with E-state index in [1.54, 1.807) is 19.1 Å². The van der Waals surface area contributed by atoms with Gasteiger partial charge in [0.1, 0.15) is 6.54 Å². The second kappa shape index (κ2) is 9.54. The number of carbonyl (C=O) groups is 3. The molecule has 10 nitrogen and oxygen atoms in total. The quantitative estimate of drug-likeness (QED) is 0.547. The monoisotopic (exact) mass is 438 g/mol. The normalized spacial score (nSPS) is 18.6. The predicted molar refractivity (Wildman–Crippen MR) is 107 cm³/mol. The largest absolute Gasteiger partial charge is 0.379 e. The summed E-state index contributed by atoms with van der Waals surface area (Å²) in [5.74, 6) is -1.64. The van der Waals surface area contributed by atoms with E-state index in [2.05, 4.69) is 5.32 Å². The van der Waals surface area contributed by atoms with Gasteiger partial charge in [-0.1, -0.05) is 12.1 Å². The maximum atomic E-state index is 12.6. The van der Waals surface area contributed by atoms with E-state index in [9.17, 15) is 22.8 Å². The summed E-state index contributed by atoms with van der Waals surface area (Å²) in [4.78, 5) is 39.0. The summed E-state index contributed by atoms with van der Waals surface area (Å²) in [6, 6.07) is 6.31. The van der Waals surface area contributed by atoms with Gasteiger partial charge in [0.2, 0.25) is 15.9 Å². The molecule has 2 fully saturated rings. The van der Waals surface area contributed by atoms with Crippen LogP contribution in [0.2, 0.25) is 0 Å². The lowest BCUT2D eigenvalue weighted by Gasteiger charge is -2.32. The molecule has 1 aromatic carbocycles. The highest BCUT2D eigenvalue weighted by molar-refractivity contribution is 7.89. The molecule has 3 amide bonds. The van der Waals surface area contributed by atoms with Gasteiger partial charge >= 0.3 is 11.8 Å². The molecule has 11 heteroatoms. The smallest absolute Gasteiger partial charge is 0.312 e. The van der Waals surface area contributed by atoms with Crippen LogP contribution in [0.4, 0.5) is 0 Å². The fraction of sp³-hybridized carbons (Fsp3) is 0.526. The van der Waals surface area contributed by atoms with E-state index >= 15 is 0 Å². The number of rotatable bonds is 7. The van der Waals surface area contributed by atoms with Crippen LogP contribution in [0.1, 0.15) is 12.5 Å². The Morgan fingerprint density at radius 3 is 2.23 bits per heavy atom. The first-order valence-electron chi connectivity index (χ1n) is 9.84. The van der Waals surface area contributed by atoms with Crippen molar-refractivity contribution in [2.24, 2.45) is 0 Å². The molecular weight excluding hydrogens is 412 g/mol. The number of hydrogen-bond donors (Lipinski definition) is 1. The van der Waals surface area contributed by atoms with Gasteiger partial charge in [0.15, 0.2) is 0 Å². The Hall–Kier alpha value is -2.50. The third-order valence-corrected chi connectivity index (χ3v) is 7.05. The molecule has 0 aromatic heterocycles. The Morgan fingerprint density at radius 1 is 1.00 bits per heavy atom. The van der Waals surface area contributed by atoms with Crippen molar-refractivity contribution < 1.29 is 27.5 Å². The van der Waals surface area contributed by atoms with Crippen LogP contribution in [0, 0.1) is 0 Å². The summed E-state index contributed by atoms with van der Waals surface area (Å²) in [6.07, 6.45) is 0. The van der Waals surface area contributed by atoms with Crippen molar-refractivity contribution in [3.63, 3.8) is 0 Å². The highest BCUT2D eigenvalue weighted by Gasteiger charge is 2.32. The van der Waals surface area contributed by atoms with Crippen LogP contribution < -0.4 is 5.32 Å². The molecule has 2 heterocycles. The SMILES string of the molecule is CCN1CCN(CC(=O)NCc2ccc(S(=O)(=O)N3CCOCC3)cc2)C(=O)C1=O. The number of morpholine rings is 1. The number of nitrogens with one attached hydrogen (secondary N) is 1. The van der Waals surface area contributed by atoms with Crippen LogP contribution in [0.5, 0.6) is 0 Å². The van der Waals surface area contributed by atoms with Crippen molar-refractivity contribution in [2.45, 2.75) is 18.4 Å². The average molecular weight is 439 g/mol. The lowest BCUT2D eigenvalue weighted by Crippen LogP contribution is -2.56. The minimum absolute atomic E-state index is 0.188. The molecular formula is C19H26N4O6S. The van der Waals surface area contributed by atoms with Crippen LogP contribution in [0.3, 0.4) is 0 Å². The van der Waals surface area contributed by atoms with Gasteiger partial charge in [-0.3, -0.25) is 14.4 Å². The van der Waals surface area contributed by atoms with E-state index in [4.69, 9.17) is 4.74 Å². The van der Waals surface area contributed by atoms with Crippen LogP contribution in [0.25, 0.3) is 0 Å². The highest BCUT2D eigenvalue weighted by Crippen LogP contribution is 2.17. The predicted octanol–water partition coefficient (Wildman–Crippen LogP) is -0.986. The maximum Gasteiger partial charge on any atom is 0.312 e. The maximum absolute atomic E-state index is 12.6. The third kappa shape index (κ3) is 4.97. The van der Waals surface area contributed by atoms with Gasteiger partial charge in [-0.25, -0.2) is 8.42 Å². The summed E-state index contributed by atoms with van der Waals surface area (Å²) < 4.78 is 31.8. The number of carbonyl (C=O) groups excluding carboxylic acids is 3. The molecule has 0 aliphatic carbocycles. The molecule has 0 spiro atoms. The van der Waals surface area contributed by atoms with Crippen LogP contribution >= 0.6 is 0 Å². The Kier molecular flexibility index (Phi) is 7.06. The number of piperazine rings is 1. The first-order chi connectivity index (χ1) is 14.3. The summed E-state index contributed by atoms with van der Waals surface area (Å²) in [7, 11) is -3.56. The van der Waals surface area contributed by atoms with E-state index in [1.807, 2.05) is 0 Å². The zero-order valence-corrected chi connectivity index (χ0v) is 17.7. The number of sulfonamides is 1. The van der Waals surface area contributed by atoms with Crippen molar-refractivity contribution in [1.29, 1.82) is 0 Å². The number of ether oxygens (including phenoxy) is 1. The zero-order valence-electron chi connectivity index (χ0n) is 16.9. The van der Waals surface area contributed by atoms with Crippen LogP contribution in [-0.4, -0.2) is 92.7 Å².